The van der Waals surface area contributed by atoms with Gasteiger partial charge in [-0.3, -0.25) is 4.40 Å². The highest BCUT2D eigenvalue weighted by atomic mass is 19.3. The van der Waals surface area contributed by atoms with Gasteiger partial charge >= 0.3 is 6.61 Å². The number of rotatable bonds is 8. The van der Waals surface area contributed by atoms with E-state index in [9.17, 15) is 18.3 Å². The fourth-order valence-corrected chi connectivity index (χ4v) is 3.08. The summed E-state index contributed by atoms with van der Waals surface area (Å²) < 4.78 is 49.9. The van der Waals surface area contributed by atoms with Crippen LogP contribution >= 0.6 is 0 Å². The first-order chi connectivity index (χ1) is 15.0. The molecule has 0 aliphatic rings. The van der Waals surface area contributed by atoms with Crippen molar-refractivity contribution in [2.75, 3.05) is 13.2 Å². The van der Waals surface area contributed by atoms with Gasteiger partial charge in [-0.25, -0.2) is 9.37 Å². The largest absolute Gasteiger partial charge is 0.474 e. The van der Waals surface area contributed by atoms with E-state index in [0.29, 0.717) is 22.6 Å². The second-order valence-corrected chi connectivity index (χ2v) is 6.60. The Bertz CT molecular complexity index is 1170. The first-order valence-electron chi connectivity index (χ1n) is 9.29. The van der Waals surface area contributed by atoms with E-state index in [2.05, 4.69) is 19.9 Å². The molecule has 2 aromatic heterocycles. The zero-order valence-electron chi connectivity index (χ0n) is 16.0. The molecule has 1 atom stereocenters. The van der Waals surface area contributed by atoms with E-state index >= 15 is 0 Å². The molecule has 160 valence electrons. The molecule has 0 saturated heterocycles. The molecule has 1 N–H and O–H groups in total. The van der Waals surface area contributed by atoms with E-state index < -0.39 is 18.3 Å². The lowest BCUT2D eigenvalue weighted by atomic mass is 10.0. The molecule has 0 spiro atoms. The summed E-state index contributed by atoms with van der Waals surface area (Å²) in [4.78, 5) is 4.17. The fourth-order valence-electron chi connectivity index (χ4n) is 3.08. The topological polar surface area (TPSA) is 81.8 Å². The maximum absolute atomic E-state index is 13.5. The van der Waals surface area contributed by atoms with E-state index in [1.165, 1.54) is 30.5 Å². The number of hydrogen-bond donors (Lipinski definition) is 1. The van der Waals surface area contributed by atoms with Gasteiger partial charge in [0.25, 0.3) is 5.88 Å². The number of nitrogens with zero attached hydrogens (tertiary/aromatic N) is 4. The lowest BCUT2D eigenvalue weighted by Gasteiger charge is -2.15. The Morgan fingerprint density at radius 3 is 2.58 bits per heavy atom. The number of hydrogen-bond acceptors (Lipinski definition) is 6. The van der Waals surface area contributed by atoms with Crippen molar-refractivity contribution < 1.29 is 27.8 Å². The summed E-state index contributed by atoms with van der Waals surface area (Å²) in [5.41, 5.74) is 1.56. The van der Waals surface area contributed by atoms with Crippen LogP contribution in [0.3, 0.4) is 0 Å². The van der Waals surface area contributed by atoms with Crippen molar-refractivity contribution in [3.05, 3.63) is 72.3 Å². The van der Waals surface area contributed by atoms with Crippen LogP contribution in [0.5, 0.6) is 11.6 Å². The van der Waals surface area contributed by atoms with Gasteiger partial charge in [-0.15, -0.1) is 10.2 Å². The minimum absolute atomic E-state index is 0.0330. The first kappa shape index (κ1) is 20.6. The predicted octanol–water partition coefficient (Wildman–Crippen LogP) is 3.69. The summed E-state index contributed by atoms with van der Waals surface area (Å²) in [5, 5.41) is 17.9. The SMILES string of the molecule is OCC(COc1nccn2c(-c3ccc(OC(F)F)cc3)nnc12)c1cccc(F)c1. The van der Waals surface area contributed by atoms with Crippen molar-refractivity contribution in [1.29, 1.82) is 0 Å². The maximum atomic E-state index is 13.5. The fraction of sp³-hybridized carbons (Fsp3) is 0.190. The minimum atomic E-state index is -2.90. The predicted molar refractivity (Wildman–Crippen MR) is 105 cm³/mol. The summed E-state index contributed by atoms with van der Waals surface area (Å²) in [6, 6.07) is 11.9. The molecule has 0 saturated carbocycles. The summed E-state index contributed by atoms with van der Waals surface area (Å²) in [6.07, 6.45) is 3.14. The van der Waals surface area contributed by atoms with Gasteiger partial charge in [-0.05, 0) is 42.0 Å². The molecular formula is C21H17F3N4O3. The molecule has 0 fully saturated rings. The zero-order valence-corrected chi connectivity index (χ0v) is 16.0. The number of aromatic nitrogens is 4. The number of ether oxygens (including phenoxy) is 2. The van der Waals surface area contributed by atoms with Crippen LogP contribution in [0.1, 0.15) is 11.5 Å². The molecule has 2 aromatic carbocycles. The Hall–Kier alpha value is -3.66. The van der Waals surface area contributed by atoms with Crippen molar-refractivity contribution in [3.63, 3.8) is 0 Å². The highest BCUT2D eigenvalue weighted by Crippen LogP contribution is 2.26. The molecule has 0 aliphatic heterocycles. The van der Waals surface area contributed by atoms with Crippen LogP contribution in [0.15, 0.2) is 60.9 Å². The highest BCUT2D eigenvalue weighted by Gasteiger charge is 2.17. The zero-order chi connectivity index (χ0) is 21.8. The number of alkyl halides is 2. The second-order valence-electron chi connectivity index (χ2n) is 6.60. The van der Waals surface area contributed by atoms with Crippen LogP contribution in [0, 0.1) is 5.82 Å². The smallest absolute Gasteiger partial charge is 0.387 e. The molecular weight excluding hydrogens is 413 g/mol. The van der Waals surface area contributed by atoms with Crippen molar-refractivity contribution in [3.8, 4) is 23.0 Å². The average molecular weight is 430 g/mol. The van der Waals surface area contributed by atoms with Crippen molar-refractivity contribution >= 4 is 5.65 Å². The van der Waals surface area contributed by atoms with Crippen LogP contribution in [-0.2, 0) is 0 Å². The third-order valence-corrected chi connectivity index (χ3v) is 4.59. The van der Waals surface area contributed by atoms with Crippen molar-refractivity contribution in [2.24, 2.45) is 0 Å². The first-order valence-corrected chi connectivity index (χ1v) is 9.29. The molecule has 4 aromatic rings. The molecule has 4 rings (SSSR count). The Balaban J connectivity index is 1.56. The van der Waals surface area contributed by atoms with Gasteiger partial charge in [-0.1, -0.05) is 12.1 Å². The lowest BCUT2D eigenvalue weighted by molar-refractivity contribution is -0.0498. The highest BCUT2D eigenvalue weighted by molar-refractivity contribution is 5.62. The molecule has 0 radical (unpaired) electrons. The van der Waals surface area contributed by atoms with Gasteiger partial charge in [0.1, 0.15) is 11.6 Å². The van der Waals surface area contributed by atoms with Crippen molar-refractivity contribution in [2.45, 2.75) is 12.5 Å². The van der Waals surface area contributed by atoms with Crippen LogP contribution in [0.2, 0.25) is 0 Å². The van der Waals surface area contributed by atoms with Gasteiger partial charge in [0.2, 0.25) is 5.65 Å². The molecule has 0 bridgehead atoms. The quantitative estimate of drug-likeness (QED) is 0.459. The Kier molecular flexibility index (Phi) is 5.99. The molecule has 10 heteroatoms. The third kappa shape index (κ3) is 4.58. The van der Waals surface area contributed by atoms with E-state index in [4.69, 9.17) is 4.74 Å². The van der Waals surface area contributed by atoms with Crippen LogP contribution in [0.4, 0.5) is 13.2 Å². The minimum Gasteiger partial charge on any atom is -0.474 e. The van der Waals surface area contributed by atoms with Gasteiger partial charge in [0.05, 0.1) is 13.2 Å². The molecule has 2 heterocycles. The van der Waals surface area contributed by atoms with E-state index in [1.54, 1.807) is 34.9 Å². The number of halogens is 3. The number of aliphatic hydroxyl groups is 1. The molecule has 0 aliphatic carbocycles. The van der Waals surface area contributed by atoms with E-state index in [0.717, 1.165) is 0 Å². The summed E-state index contributed by atoms with van der Waals surface area (Å²) in [5.74, 6) is -0.181. The maximum Gasteiger partial charge on any atom is 0.387 e. The summed E-state index contributed by atoms with van der Waals surface area (Å²) >= 11 is 0. The monoisotopic (exact) mass is 430 g/mol. The Morgan fingerprint density at radius 2 is 1.87 bits per heavy atom. The van der Waals surface area contributed by atoms with Crippen molar-refractivity contribution in [1.82, 2.24) is 19.6 Å². The van der Waals surface area contributed by atoms with Gasteiger partial charge in [0, 0.05) is 23.9 Å². The van der Waals surface area contributed by atoms with Crippen LogP contribution < -0.4 is 9.47 Å². The summed E-state index contributed by atoms with van der Waals surface area (Å²) in [6.45, 7) is -3.09. The Morgan fingerprint density at radius 1 is 1.06 bits per heavy atom. The molecule has 7 nitrogen and oxygen atoms in total. The molecule has 0 amide bonds. The average Bonchev–Trinajstić information content (AvgIpc) is 3.19. The normalized spacial score (nSPS) is 12.3. The third-order valence-electron chi connectivity index (χ3n) is 4.59. The number of fused-ring (bicyclic) bond motifs is 1. The van der Waals surface area contributed by atoms with Gasteiger partial charge in [0.15, 0.2) is 5.82 Å². The lowest BCUT2D eigenvalue weighted by Crippen LogP contribution is -2.15. The van der Waals surface area contributed by atoms with Crippen LogP contribution in [0.25, 0.3) is 17.0 Å². The van der Waals surface area contributed by atoms with Gasteiger partial charge in [-0.2, -0.15) is 8.78 Å². The standard InChI is InChI=1S/C21H17F3N4O3/c22-16-3-1-2-14(10-16)15(11-29)12-30-20-19-27-26-18(28(19)9-8-25-20)13-4-6-17(7-5-13)31-21(23)24/h1-10,15,21,29H,11-12H2. The van der Waals surface area contributed by atoms with Crippen LogP contribution in [-0.4, -0.2) is 44.5 Å². The Labute approximate surface area is 174 Å². The van der Waals surface area contributed by atoms with E-state index in [1.807, 2.05) is 0 Å². The molecule has 1 unspecified atom stereocenters. The number of aliphatic hydroxyl groups excluding tert-OH is 1. The molecule has 31 heavy (non-hydrogen) atoms. The number of benzene rings is 2. The second kappa shape index (κ2) is 9.00. The van der Waals surface area contributed by atoms with E-state index in [-0.39, 0.29) is 24.8 Å². The summed E-state index contributed by atoms with van der Waals surface area (Å²) in [7, 11) is 0. The van der Waals surface area contributed by atoms with Gasteiger partial charge < -0.3 is 14.6 Å².